The average molecular weight is 462 g/mol. The Balaban J connectivity index is 1.13. The SMILES string of the molecule is CC(C)c1cccc(C(C)C)c1N1C=C(CC[C@H]2COC(C34CC5CC(CC(C5)C3)C4)=N2)NC1. The molecular formula is C30H43N3O. The number of benzene rings is 1. The van der Waals surface area contributed by atoms with E-state index >= 15 is 0 Å². The van der Waals surface area contributed by atoms with Crippen LogP contribution in [0.15, 0.2) is 35.1 Å². The Hall–Kier alpha value is -1.97. The van der Waals surface area contributed by atoms with Crippen LogP contribution in [0.1, 0.15) is 102 Å². The van der Waals surface area contributed by atoms with E-state index < -0.39 is 0 Å². The van der Waals surface area contributed by atoms with Crippen LogP contribution in [0.2, 0.25) is 0 Å². The Morgan fingerprint density at radius 1 is 1.00 bits per heavy atom. The molecule has 4 bridgehead atoms. The highest BCUT2D eigenvalue weighted by atomic mass is 16.5. The van der Waals surface area contributed by atoms with Crippen molar-refractivity contribution in [3.05, 3.63) is 41.2 Å². The van der Waals surface area contributed by atoms with Crippen molar-refractivity contribution in [2.75, 3.05) is 18.2 Å². The number of allylic oxidation sites excluding steroid dienone is 1. The number of anilines is 1. The van der Waals surface area contributed by atoms with Crippen LogP contribution < -0.4 is 10.2 Å². The summed E-state index contributed by atoms with van der Waals surface area (Å²) >= 11 is 0. The fraction of sp³-hybridized carbons (Fsp3) is 0.700. The number of rotatable bonds is 7. The second-order valence-electron chi connectivity index (χ2n) is 12.7. The second kappa shape index (κ2) is 8.60. The van der Waals surface area contributed by atoms with Crippen LogP contribution in [0.5, 0.6) is 0 Å². The Morgan fingerprint density at radius 3 is 2.21 bits per heavy atom. The normalized spacial score (nSPS) is 34.0. The van der Waals surface area contributed by atoms with E-state index in [1.165, 1.54) is 61.0 Å². The van der Waals surface area contributed by atoms with Gasteiger partial charge in [0, 0.05) is 23.0 Å². The van der Waals surface area contributed by atoms with Gasteiger partial charge in [-0.1, -0.05) is 45.9 Å². The largest absolute Gasteiger partial charge is 0.478 e. The molecule has 0 radical (unpaired) electrons. The molecule has 1 N–H and O–H groups in total. The Labute approximate surface area is 206 Å². The summed E-state index contributed by atoms with van der Waals surface area (Å²) in [5.41, 5.74) is 5.94. The van der Waals surface area contributed by atoms with E-state index in [0.29, 0.717) is 23.3 Å². The topological polar surface area (TPSA) is 36.9 Å². The lowest BCUT2D eigenvalue weighted by molar-refractivity contribution is -0.0226. The number of hydrogen-bond acceptors (Lipinski definition) is 4. The standard InChI is InChI=1S/C30H43N3O/c1-19(2)26-6-5-7-27(20(3)4)28(26)33-16-24(31-18-33)8-9-25-17-34-29(32-25)30-13-21-10-22(14-30)12-23(11-21)15-30/h5-7,16,19-23,25,31H,8-15,17-18H2,1-4H3/t21?,22?,23?,25-,30?/m0/s1. The molecule has 4 aliphatic carbocycles. The lowest BCUT2D eigenvalue weighted by Crippen LogP contribution is -2.50. The van der Waals surface area contributed by atoms with Gasteiger partial charge in [0.2, 0.25) is 0 Å². The summed E-state index contributed by atoms with van der Waals surface area (Å²) in [6, 6.07) is 7.15. The van der Waals surface area contributed by atoms with Crippen LogP contribution in [0.4, 0.5) is 5.69 Å². The Kier molecular flexibility index (Phi) is 5.69. The third-order valence-electron chi connectivity index (χ3n) is 9.37. The molecule has 4 saturated carbocycles. The quantitative estimate of drug-likeness (QED) is 0.478. The van der Waals surface area contributed by atoms with E-state index in [1.54, 1.807) is 0 Å². The van der Waals surface area contributed by atoms with Crippen molar-refractivity contribution in [3.63, 3.8) is 0 Å². The van der Waals surface area contributed by atoms with Crippen LogP contribution in [0.3, 0.4) is 0 Å². The number of nitrogens with one attached hydrogen (secondary N) is 1. The summed E-state index contributed by atoms with van der Waals surface area (Å²) in [5.74, 6) is 5.01. The zero-order chi connectivity index (χ0) is 23.4. The van der Waals surface area contributed by atoms with Crippen molar-refractivity contribution in [2.24, 2.45) is 28.2 Å². The highest BCUT2D eigenvalue weighted by Crippen LogP contribution is 2.61. The van der Waals surface area contributed by atoms with Crippen molar-refractivity contribution in [1.82, 2.24) is 5.32 Å². The maximum Gasteiger partial charge on any atom is 0.190 e. The monoisotopic (exact) mass is 461 g/mol. The first kappa shape index (κ1) is 22.5. The minimum atomic E-state index is 0.305. The molecule has 4 nitrogen and oxygen atoms in total. The molecule has 0 amide bonds. The summed E-state index contributed by atoms with van der Waals surface area (Å²) in [5, 5.41) is 3.68. The van der Waals surface area contributed by atoms with Crippen LogP contribution in [0, 0.1) is 23.2 Å². The number of aliphatic imine (C=N–C) groups is 1. The summed E-state index contributed by atoms with van der Waals surface area (Å²) in [6.45, 7) is 10.9. The molecule has 7 rings (SSSR count). The van der Waals surface area contributed by atoms with Gasteiger partial charge in [0.05, 0.1) is 12.7 Å². The van der Waals surface area contributed by atoms with Crippen molar-refractivity contribution >= 4 is 11.6 Å². The first-order chi connectivity index (χ1) is 16.4. The van der Waals surface area contributed by atoms with E-state index in [1.807, 2.05) is 0 Å². The molecular weight excluding hydrogens is 418 g/mol. The number of ether oxygens (including phenoxy) is 1. The highest BCUT2D eigenvalue weighted by Gasteiger charge is 2.55. The minimum absolute atomic E-state index is 0.305. The summed E-state index contributed by atoms with van der Waals surface area (Å²) in [7, 11) is 0. The first-order valence-electron chi connectivity index (χ1n) is 14.0. The molecule has 4 fully saturated rings. The molecule has 6 aliphatic rings. The summed E-state index contributed by atoms with van der Waals surface area (Å²) < 4.78 is 6.34. The molecule has 0 aromatic heterocycles. The molecule has 1 aromatic rings. The lowest BCUT2D eigenvalue weighted by atomic mass is 9.49. The van der Waals surface area contributed by atoms with Crippen molar-refractivity contribution in [1.29, 1.82) is 0 Å². The molecule has 0 saturated heterocycles. The van der Waals surface area contributed by atoms with Crippen LogP contribution in [-0.2, 0) is 4.74 Å². The Morgan fingerprint density at radius 2 is 1.62 bits per heavy atom. The fourth-order valence-corrected chi connectivity index (χ4v) is 8.15. The molecule has 4 heteroatoms. The van der Waals surface area contributed by atoms with Crippen LogP contribution in [-0.4, -0.2) is 25.2 Å². The van der Waals surface area contributed by atoms with Gasteiger partial charge in [-0.3, -0.25) is 0 Å². The molecule has 1 atom stereocenters. The predicted molar refractivity (Wildman–Crippen MR) is 140 cm³/mol. The van der Waals surface area contributed by atoms with E-state index in [2.05, 4.69) is 62.3 Å². The van der Waals surface area contributed by atoms with Crippen molar-refractivity contribution in [2.45, 2.75) is 96.9 Å². The number of para-hydroxylation sites is 1. The van der Waals surface area contributed by atoms with Gasteiger partial charge in [-0.15, -0.1) is 0 Å². The molecule has 34 heavy (non-hydrogen) atoms. The van der Waals surface area contributed by atoms with Crippen molar-refractivity contribution < 1.29 is 4.74 Å². The van der Waals surface area contributed by atoms with Gasteiger partial charge in [0.25, 0.3) is 0 Å². The predicted octanol–water partition coefficient (Wildman–Crippen LogP) is 6.94. The summed E-state index contributed by atoms with van der Waals surface area (Å²) in [6.07, 6.45) is 12.9. The van der Waals surface area contributed by atoms with Crippen LogP contribution in [0.25, 0.3) is 0 Å². The second-order valence-corrected chi connectivity index (χ2v) is 12.7. The maximum atomic E-state index is 6.34. The van der Waals surface area contributed by atoms with Gasteiger partial charge in [-0.25, -0.2) is 4.99 Å². The Bertz CT molecular complexity index is 929. The molecule has 2 aliphatic heterocycles. The molecule has 2 heterocycles. The third-order valence-corrected chi connectivity index (χ3v) is 9.37. The zero-order valence-electron chi connectivity index (χ0n) is 21.6. The smallest absolute Gasteiger partial charge is 0.190 e. The van der Waals surface area contributed by atoms with Gasteiger partial charge < -0.3 is 15.0 Å². The van der Waals surface area contributed by atoms with Gasteiger partial charge in [0.1, 0.15) is 6.61 Å². The number of nitrogens with zero attached hydrogens (tertiary/aromatic N) is 2. The average Bonchev–Trinajstić information content (AvgIpc) is 3.46. The van der Waals surface area contributed by atoms with E-state index in [9.17, 15) is 0 Å². The van der Waals surface area contributed by atoms with E-state index in [0.717, 1.165) is 49.8 Å². The first-order valence-corrected chi connectivity index (χ1v) is 14.0. The number of hydrogen-bond donors (Lipinski definition) is 1. The lowest BCUT2D eigenvalue weighted by Gasteiger charge is -2.56. The van der Waals surface area contributed by atoms with Crippen LogP contribution >= 0.6 is 0 Å². The fourth-order valence-electron chi connectivity index (χ4n) is 8.15. The highest BCUT2D eigenvalue weighted by molar-refractivity contribution is 5.84. The van der Waals surface area contributed by atoms with E-state index in [4.69, 9.17) is 9.73 Å². The van der Waals surface area contributed by atoms with Crippen molar-refractivity contribution in [3.8, 4) is 0 Å². The van der Waals surface area contributed by atoms with Gasteiger partial charge in [-0.05, 0) is 92.1 Å². The third kappa shape index (κ3) is 3.95. The molecule has 0 spiro atoms. The molecule has 0 unspecified atom stereocenters. The molecule has 1 aromatic carbocycles. The van der Waals surface area contributed by atoms with Gasteiger partial charge >= 0.3 is 0 Å². The summed E-state index contributed by atoms with van der Waals surface area (Å²) in [4.78, 5) is 7.66. The van der Waals surface area contributed by atoms with Gasteiger partial charge in [0.15, 0.2) is 5.90 Å². The van der Waals surface area contributed by atoms with E-state index in [-0.39, 0.29) is 0 Å². The minimum Gasteiger partial charge on any atom is -0.478 e. The zero-order valence-corrected chi connectivity index (χ0v) is 21.6. The maximum absolute atomic E-state index is 6.34. The molecule has 184 valence electrons. The van der Waals surface area contributed by atoms with Gasteiger partial charge in [-0.2, -0.15) is 0 Å².